The molecule has 0 aliphatic rings. The minimum Gasteiger partial charge on any atom is -0.394 e. The van der Waals surface area contributed by atoms with Gasteiger partial charge >= 0.3 is 5.97 Å². The average molecular weight is 257 g/mol. The first kappa shape index (κ1) is 14.6. The van der Waals surface area contributed by atoms with Gasteiger partial charge in [0.1, 0.15) is 12.5 Å². The standard InChI is InChI=1S/C12H16FNO4/c1-9(16)18-14(8-17-2)12(7-15)10-3-5-11(13)6-4-10/h3-6,12,15H,7-8H2,1-2H3. The molecule has 0 fully saturated rings. The summed E-state index contributed by atoms with van der Waals surface area (Å²) in [6.45, 7) is 0.964. The molecule has 0 aliphatic heterocycles. The fourth-order valence-corrected chi connectivity index (χ4v) is 1.52. The Labute approximate surface area is 105 Å². The lowest BCUT2D eigenvalue weighted by molar-refractivity contribution is -0.228. The highest BCUT2D eigenvalue weighted by molar-refractivity contribution is 5.65. The Morgan fingerprint density at radius 2 is 2.06 bits per heavy atom. The molecule has 1 unspecified atom stereocenters. The second-order valence-corrected chi connectivity index (χ2v) is 3.67. The van der Waals surface area contributed by atoms with E-state index in [0.29, 0.717) is 5.56 Å². The fraction of sp³-hybridized carbons (Fsp3) is 0.417. The van der Waals surface area contributed by atoms with Crippen molar-refractivity contribution >= 4 is 5.97 Å². The van der Waals surface area contributed by atoms with Crippen LogP contribution in [0, 0.1) is 5.82 Å². The van der Waals surface area contributed by atoms with Gasteiger partial charge in [-0.2, -0.15) is 0 Å². The van der Waals surface area contributed by atoms with Crippen molar-refractivity contribution in [2.45, 2.75) is 13.0 Å². The molecular weight excluding hydrogens is 241 g/mol. The van der Waals surface area contributed by atoms with Crippen molar-refractivity contribution in [1.82, 2.24) is 5.06 Å². The predicted molar refractivity (Wildman–Crippen MR) is 61.7 cm³/mol. The van der Waals surface area contributed by atoms with Crippen LogP contribution in [-0.2, 0) is 14.4 Å². The molecule has 0 aliphatic carbocycles. The largest absolute Gasteiger partial charge is 0.394 e. The molecule has 0 saturated heterocycles. The Kier molecular flexibility index (Phi) is 5.70. The second-order valence-electron chi connectivity index (χ2n) is 3.67. The van der Waals surface area contributed by atoms with Gasteiger partial charge in [0.15, 0.2) is 0 Å². The lowest BCUT2D eigenvalue weighted by atomic mass is 10.1. The van der Waals surface area contributed by atoms with Gasteiger partial charge in [-0.05, 0) is 17.7 Å². The van der Waals surface area contributed by atoms with E-state index in [0.717, 1.165) is 0 Å². The van der Waals surface area contributed by atoms with Crippen LogP contribution in [0.2, 0.25) is 0 Å². The molecule has 18 heavy (non-hydrogen) atoms. The number of nitrogens with zero attached hydrogens (tertiary/aromatic N) is 1. The van der Waals surface area contributed by atoms with Crippen LogP contribution in [-0.4, -0.2) is 36.6 Å². The number of rotatable bonds is 6. The van der Waals surface area contributed by atoms with Crippen LogP contribution in [0.3, 0.4) is 0 Å². The Morgan fingerprint density at radius 1 is 1.44 bits per heavy atom. The number of hydrogen-bond acceptors (Lipinski definition) is 5. The van der Waals surface area contributed by atoms with Crippen molar-refractivity contribution < 1.29 is 23.9 Å². The van der Waals surface area contributed by atoms with E-state index in [-0.39, 0.29) is 19.2 Å². The molecule has 1 N–H and O–H groups in total. The number of ether oxygens (including phenoxy) is 1. The summed E-state index contributed by atoms with van der Waals surface area (Å²) in [7, 11) is 1.44. The van der Waals surface area contributed by atoms with E-state index in [4.69, 9.17) is 9.57 Å². The van der Waals surface area contributed by atoms with Crippen molar-refractivity contribution in [2.24, 2.45) is 0 Å². The van der Waals surface area contributed by atoms with Gasteiger partial charge in [-0.15, -0.1) is 5.06 Å². The predicted octanol–water partition coefficient (Wildman–Crippen LogP) is 1.24. The molecule has 1 rings (SSSR count). The number of benzene rings is 1. The number of aliphatic hydroxyl groups excluding tert-OH is 1. The van der Waals surface area contributed by atoms with Crippen LogP contribution in [0.1, 0.15) is 18.5 Å². The third-order valence-electron chi connectivity index (χ3n) is 2.28. The van der Waals surface area contributed by atoms with Gasteiger partial charge in [-0.25, -0.2) is 4.39 Å². The first-order valence-corrected chi connectivity index (χ1v) is 5.39. The lowest BCUT2D eigenvalue weighted by Gasteiger charge is -2.27. The summed E-state index contributed by atoms with van der Waals surface area (Å²) in [6, 6.07) is 4.98. The number of carbonyl (C=O) groups excluding carboxylic acids is 1. The van der Waals surface area contributed by atoms with Crippen molar-refractivity contribution in [3.05, 3.63) is 35.6 Å². The molecule has 0 heterocycles. The summed E-state index contributed by atoms with van der Waals surface area (Å²) < 4.78 is 17.7. The van der Waals surface area contributed by atoms with Crippen LogP contribution in [0.25, 0.3) is 0 Å². The second kappa shape index (κ2) is 7.05. The van der Waals surface area contributed by atoms with Gasteiger partial charge < -0.3 is 14.7 Å². The monoisotopic (exact) mass is 257 g/mol. The normalized spacial score (nSPS) is 12.5. The highest BCUT2D eigenvalue weighted by atomic mass is 19.1. The van der Waals surface area contributed by atoms with E-state index >= 15 is 0 Å². The zero-order chi connectivity index (χ0) is 13.5. The Bertz CT molecular complexity index is 382. The Hall–Kier alpha value is -1.50. The summed E-state index contributed by atoms with van der Waals surface area (Å²) in [6.07, 6.45) is 0. The summed E-state index contributed by atoms with van der Waals surface area (Å²) in [5.41, 5.74) is 0.622. The number of carbonyl (C=O) groups is 1. The average Bonchev–Trinajstić information content (AvgIpc) is 2.32. The molecule has 0 radical (unpaired) electrons. The van der Waals surface area contributed by atoms with Crippen molar-refractivity contribution in [1.29, 1.82) is 0 Å². The van der Waals surface area contributed by atoms with Crippen LogP contribution in [0.15, 0.2) is 24.3 Å². The van der Waals surface area contributed by atoms with E-state index in [9.17, 15) is 14.3 Å². The maximum absolute atomic E-state index is 12.8. The molecule has 0 amide bonds. The van der Waals surface area contributed by atoms with Crippen molar-refractivity contribution in [2.75, 3.05) is 20.4 Å². The highest BCUT2D eigenvalue weighted by Gasteiger charge is 2.22. The summed E-state index contributed by atoms with van der Waals surface area (Å²) >= 11 is 0. The first-order chi connectivity index (χ1) is 8.58. The van der Waals surface area contributed by atoms with Crippen LogP contribution < -0.4 is 0 Å². The lowest BCUT2D eigenvalue weighted by Crippen LogP contribution is -2.34. The molecular formula is C12H16FNO4. The van der Waals surface area contributed by atoms with Gasteiger partial charge in [-0.3, -0.25) is 4.79 Å². The van der Waals surface area contributed by atoms with Gasteiger partial charge in [-0.1, -0.05) is 12.1 Å². The molecule has 1 atom stereocenters. The van der Waals surface area contributed by atoms with Crippen LogP contribution >= 0.6 is 0 Å². The van der Waals surface area contributed by atoms with E-state index in [1.54, 1.807) is 0 Å². The summed E-state index contributed by atoms with van der Waals surface area (Å²) in [5, 5.41) is 10.6. The molecule has 0 bridgehead atoms. The molecule has 5 nitrogen and oxygen atoms in total. The Morgan fingerprint density at radius 3 is 2.50 bits per heavy atom. The first-order valence-electron chi connectivity index (χ1n) is 5.39. The summed E-state index contributed by atoms with van der Waals surface area (Å²) in [4.78, 5) is 15.9. The zero-order valence-corrected chi connectivity index (χ0v) is 10.3. The molecule has 1 aromatic carbocycles. The van der Waals surface area contributed by atoms with E-state index in [2.05, 4.69) is 0 Å². The molecule has 0 aromatic heterocycles. The van der Waals surface area contributed by atoms with E-state index in [1.807, 2.05) is 0 Å². The van der Waals surface area contributed by atoms with Gasteiger partial charge in [0.05, 0.1) is 12.6 Å². The SMILES string of the molecule is COCN(OC(C)=O)C(CO)c1ccc(F)cc1. The third-order valence-corrected chi connectivity index (χ3v) is 2.28. The summed E-state index contributed by atoms with van der Waals surface area (Å²) in [5.74, 6) is -0.895. The molecule has 0 saturated carbocycles. The Balaban J connectivity index is 2.89. The quantitative estimate of drug-likeness (QED) is 0.614. The fourth-order valence-electron chi connectivity index (χ4n) is 1.52. The molecule has 6 heteroatoms. The number of halogens is 1. The zero-order valence-electron chi connectivity index (χ0n) is 10.3. The number of hydroxylamine groups is 2. The number of hydrogen-bond donors (Lipinski definition) is 1. The maximum Gasteiger partial charge on any atom is 0.322 e. The topological polar surface area (TPSA) is 59.0 Å². The minimum absolute atomic E-state index is 0.00217. The van der Waals surface area contributed by atoms with Crippen molar-refractivity contribution in [3.63, 3.8) is 0 Å². The van der Waals surface area contributed by atoms with Crippen LogP contribution in [0.5, 0.6) is 0 Å². The van der Waals surface area contributed by atoms with Crippen molar-refractivity contribution in [3.8, 4) is 0 Å². The number of methoxy groups -OCH3 is 1. The molecule has 100 valence electrons. The molecule has 1 aromatic rings. The third kappa shape index (κ3) is 4.06. The number of aliphatic hydroxyl groups is 1. The van der Waals surface area contributed by atoms with Gasteiger partial charge in [0, 0.05) is 14.0 Å². The minimum atomic E-state index is -0.602. The smallest absolute Gasteiger partial charge is 0.322 e. The highest BCUT2D eigenvalue weighted by Crippen LogP contribution is 2.21. The van der Waals surface area contributed by atoms with E-state index < -0.39 is 12.0 Å². The van der Waals surface area contributed by atoms with Gasteiger partial charge in [0.2, 0.25) is 0 Å². The van der Waals surface area contributed by atoms with Crippen LogP contribution in [0.4, 0.5) is 4.39 Å². The van der Waals surface area contributed by atoms with E-state index in [1.165, 1.54) is 43.4 Å². The van der Waals surface area contributed by atoms with Gasteiger partial charge in [0.25, 0.3) is 0 Å². The molecule has 0 spiro atoms. The maximum atomic E-state index is 12.8.